The number of imidazole rings is 1. The molecule has 0 aromatic carbocycles. The van der Waals surface area contributed by atoms with Crippen LogP contribution in [0.5, 0.6) is 0 Å². The van der Waals surface area contributed by atoms with Gasteiger partial charge in [0, 0.05) is 38.2 Å². The highest BCUT2D eigenvalue weighted by atomic mass is 35.5. The Kier molecular flexibility index (Phi) is 4.67. The van der Waals surface area contributed by atoms with Crippen molar-refractivity contribution < 1.29 is 9.53 Å². The molecule has 1 aliphatic rings. The van der Waals surface area contributed by atoms with Crippen LogP contribution in [-0.2, 0) is 17.8 Å². The molecular formula is C23H20ClN7O2. The number of carbonyl (C=O) groups excluding carboxylic acids is 1. The van der Waals surface area contributed by atoms with Crippen LogP contribution in [-0.4, -0.2) is 53.7 Å². The molecule has 0 bridgehead atoms. The number of nitrogens with one attached hydrogen (secondary N) is 1. The average Bonchev–Trinajstić information content (AvgIpc) is 3.56. The summed E-state index contributed by atoms with van der Waals surface area (Å²) in [4.78, 5) is 23.4. The van der Waals surface area contributed by atoms with Gasteiger partial charge in [0.1, 0.15) is 6.04 Å². The molecule has 0 fully saturated rings. The highest BCUT2D eigenvalue weighted by Gasteiger charge is 2.37. The lowest BCUT2D eigenvalue weighted by Gasteiger charge is -2.33. The zero-order chi connectivity index (χ0) is 22.5. The van der Waals surface area contributed by atoms with Crippen LogP contribution in [0.1, 0.15) is 39.0 Å². The topological polar surface area (TPSA) is 92.8 Å². The fourth-order valence-corrected chi connectivity index (χ4v) is 4.74. The van der Waals surface area contributed by atoms with Gasteiger partial charge in [-0.3, -0.25) is 4.79 Å². The number of aromatic nitrogens is 6. The van der Waals surface area contributed by atoms with Gasteiger partial charge in [0.05, 0.1) is 52.1 Å². The van der Waals surface area contributed by atoms with Crippen molar-refractivity contribution in [3.8, 4) is 0 Å². The minimum Gasteiger partial charge on any atom is -0.380 e. The van der Waals surface area contributed by atoms with E-state index in [9.17, 15) is 4.79 Å². The van der Waals surface area contributed by atoms with E-state index in [0.29, 0.717) is 35.9 Å². The van der Waals surface area contributed by atoms with Gasteiger partial charge in [0.15, 0.2) is 0 Å². The molecule has 1 aliphatic heterocycles. The normalized spacial score (nSPS) is 15.9. The Bertz CT molecular complexity index is 1500. The Morgan fingerprint density at radius 2 is 2.18 bits per heavy atom. The molecule has 6 heterocycles. The third-order valence-corrected chi connectivity index (χ3v) is 6.37. The number of ether oxygens (including phenoxy) is 1. The molecule has 10 heteroatoms. The van der Waals surface area contributed by atoms with E-state index in [-0.39, 0.29) is 5.91 Å². The van der Waals surface area contributed by atoms with E-state index in [0.717, 1.165) is 28.0 Å². The van der Waals surface area contributed by atoms with Crippen molar-refractivity contribution in [2.24, 2.45) is 0 Å². The second-order valence-corrected chi connectivity index (χ2v) is 8.44. The fourth-order valence-electron chi connectivity index (χ4n) is 4.53. The standard InChI is InChI=1S/C23H20ClN7O2/c1-33-12-14-4-5-19-15(10-27-31(19)11-14)23(32)29-8-6-17-21(26-13-25-17)22(29)18-9-20-16(24)3-2-7-30(20)28-18/h2-5,7,9-11,13,22H,6,8,12H2,1H3,(H,25,26)/t22-/m0/s1. The number of hydrogen-bond donors (Lipinski definition) is 1. The molecule has 5 aromatic rings. The zero-order valence-corrected chi connectivity index (χ0v) is 18.5. The lowest BCUT2D eigenvalue weighted by atomic mass is 9.98. The van der Waals surface area contributed by atoms with Gasteiger partial charge in [-0.25, -0.2) is 14.0 Å². The number of halogens is 1. The Morgan fingerprint density at radius 1 is 1.27 bits per heavy atom. The van der Waals surface area contributed by atoms with Gasteiger partial charge in [-0.15, -0.1) is 0 Å². The summed E-state index contributed by atoms with van der Waals surface area (Å²) in [5.74, 6) is -0.119. The van der Waals surface area contributed by atoms with Crippen LogP contribution in [0.4, 0.5) is 0 Å². The first-order valence-electron chi connectivity index (χ1n) is 10.6. The molecule has 1 atom stereocenters. The lowest BCUT2D eigenvalue weighted by Crippen LogP contribution is -2.41. The van der Waals surface area contributed by atoms with Crippen LogP contribution in [0.2, 0.25) is 5.02 Å². The van der Waals surface area contributed by atoms with E-state index in [2.05, 4.69) is 15.1 Å². The Balaban J connectivity index is 1.44. The number of amides is 1. The van der Waals surface area contributed by atoms with Crippen LogP contribution in [0, 0.1) is 0 Å². The number of H-pyrrole nitrogens is 1. The maximum Gasteiger partial charge on any atom is 0.258 e. The number of rotatable bonds is 4. The van der Waals surface area contributed by atoms with Crippen LogP contribution < -0.4 is 0 Å². The molecule has 0 saturated heterocycles. The first kappa shape index (κ1) is 20.0. The number of nitrogens with zero attached hydrogens (tertiary/aromatic N) is 6. The van der Waals surface area contributed by atoms with Crippen LogP contribution in [0.15, 0.2) is 55.2 Å². The van der Waals surface area contributed by atoms with Gasteiger partial charge in [-0.05, 0) is 29.8 Å². The molecule has 33 heavy (non-hydrogen) atoms. The number of aromatic amines is 1. The van der Waals surface area contributed by atoms with Crippen molar-refractivity contribution in [1.82, 2.24) is 34.1 Å². The monoisotopic (exact) mass is 461 g/mol. The molecule has 1 N–H and O–H groups in total. The van der Waals surface area contributed by atoms with Gasteiger partial charge < -0.3 is 14.6 Å². The predicted octanol–water partition coefficient (Wildman–Crippen LogP) is 3.29. The minimum absolute atomic E-state index is 0.119. The number of methoxy groups -OCH3 is 1. The second-order valence-electron chi connectivity index (χ2n) is 8.03. The molecule has 0 aliphatic carbocycles. The second kappa shape index (κ2) is 7.72. The van der Waals surface area contributed by atoms with Crippen molar-refractivity contribution in [1.29, 1.82) is 0 Å². The predicted molar refractivity (Wildman–Crippen MR) is 121 cm³/mol. The number of carbonyl (C=O) groups is 1. The SMILES string of the molecule is COCc1ccc2c(C(=O)N3CCc4[nH]cnc4[C@@H]3c3cc4c(Cl)cccn4n3)cnn2c1. The zero-order valence-electron chi connectivity index (χ0n) is 17.8. The van der Waals surface area contributed by atoms with Crippen LogP contribution in [0.25, 0.3) is 11.0 Å². The molecule has 6 rings (SSSR count). The summed E-state index contributed by atoms with van der Waals surface area (Å²) in [6.45, 7) is 1.01. The Hall–Kier alpha value is -3.69. The van der Waals surface area contributed by atoms with E-state index in [1.807, 2.05) is 47.6 Å². The van der Waals surface area contributed by atoms with Gasteiger partial charge in [0.25, 0.3) is 5.91 Å². The van der Waals surface area contributed by atoms with E-state index < -0.39 is 6.04 Å². The fraction of sp³-hybridized carbons (Fsp3) is 0.217. The summed E-state index contributed by atoms with van der Waals surface area (Å²) >= 11 is 6.39. The largest absolute Gasteiger partial charge is 0.380 e. The van der Waals surface area contributed by atoms with Gasteiger partial charge in [-0.2, -0.15) is 10.2 Å². The average molecular weight is 462 g/mol. The summed E-state index contributed by atoms with van der Waals surface area (Å²) in [5, 5.41) is 9.74. The third kappa shape index (κ3) is 3.20. The maximum atomic E-state index is 13.8. The molecule has 0 unspecified atom stereocenters. The molecular weight excluding hydrogens is 442 g/mol. The third-order valence-electron chi connectivity index (χ3n) is 6.05. The van der Waals surface area contributed by atoms with Gasteiger partial charge in [0.2, 0.25) is 0 Å². The Labute approximate surface area is 193 Å². The number of hydrogen-bond acceptors (Lipinski definition) is 5. The van der Waals surface area contributed by atoms with Gasteiger partial charge >= 0.3 is 0 Å². The molecule has 0 radical (unpaired) electrons. The quantitative estimate of drug-likeness (QED) is 0.443. The smallest absolute Gasteiger partial charge is 0.258 e. The maximum absolute atomic E-state index is 13.8. The summed E-state index contributed by atoms with van der Waals surface area (Å²) in [5.41, 5.74) is 5.55. The van der Waals surface area contributed by atoms with E-state index in [1.165, 1.54) is 0 Å². The highest BCUT2D eigenvalue weighted by Crippen LogP contribution is 2.35. The van der Waals surface area contributed by atoms with Crippen molar-refractivity contribution in [2.45, 2.75) is 19.1 Å². The minimum atomic E-state index is -0.439. The first-order chi connectivity index (χ1) is 16.1. The summed E-state index contributed by atoms with van der Waals surface area (Å²) < 4.78 is 8.65. The van der Waals surface area contributed by atoms with Crippen molar-refractivity contribution in [3.63, 3.8) is 0 Å². The lowest BCUT2D eigenvalue weighted by molar-refractivity contribution is 0.0689. The van der Waals surface area contributed by atoms with E-state index >= 15 is 0 Å². The summed E-state index contributed by atoms with van der Waals surface area (Å²) in [6.07, 6.45) is 7.68. The number of pyridine rings is 2. The van der Waals surface area contributed by atoms with Crippen LogP contribution >= 0.6 is 11.6 Å². The highest BCUT2D eigenvalue weighted by molar-refractivity contribution is 6.33. The van der Waals surface area contributed by atoms with Crippen molar-refractivity contribution in [3.05, 3.63) is 88.5 Å². The molecule has 166 valence electrons. The molecule has 9 nitrogen and oxygen atoms in total. The van der Waals surface area contributed by atoms with Crippen molar-refractivity contribution >= 4 is 28.5 Å². The molecule has 1 amide bonds. The van der Waals surface area contributed by atoms with E-state index in [4.69, 9.17) is 21.4 Å². The molecule has 0 saturated carbocycles. The summed E-state index contributed by atoms with van der Waals surface area (Å²) in [6, 6.07) is 8.99. The van der Waals surface area contributed by atoms with Crippen molar-refractivity contribution in [2.75, 3.05) is 13.7 Å². The Morgan fingerprint density at radius 3 is 3.03 bits per heavy atom. The van der Waals surface area contributed by atoms with Gasteiger partial charge in [-0.1, -0.05) is 17.7 Å². The molecule has 5 aromatic heterocycles. The molecule has 0 spiro atoms. The van der Waals surface area contributed by atoms with Crippen LogP contribution in [0.3, 0.4) is 0 Å². The van der Waals surface area contributed by atoms with E-state index in [1.54, 1.807) is 28.7 Å². The number of fused-ring (bicyclic) bond motifs is 3. The first-order valence-corrected chi connectivity index (χ1v) is 10.9. The summed E-state index contributed by atoms with van der Waals surface area (Å²) in [7, 11) is 1.65.